The first-order valence-corrected chi connectivity index (χ1v) is 7.49. The highest BCUT2D eigenvalue weighted by Gasteiger charge is 2.24. The third-order valence-corrected chi connectivity index (χ3v) is 4.22. The number of ether oxygens (including phenoxy) is 2. The first-order chi connectivity index (χ1) is 10.7. The maximum atomic E-state index is 9.36. The molecule has 0 radical (unpaired) electrons. The number of methoxy groups -OCH3 is 2. The molecule has 22 heavy (non-hydrogen) atoms. The number of hydrogen-bond donors (Lipinski definition) is 2. The van der Waals surface area contributed by atoms with Gasteiger partial charge in [0.1, 0.15) is 17.2 Å². The molecule has 2 aromatic carbocycles. The zero-order valence-electron chi connectivity index (χ0n) is 12.9. The van der Waals surface area contributed by atoms with Crippen molar-refractivity contribution in [3.8, 4) is 17.2 Å². The molecule has 2 N–H and O–H groups in total. The van der Waals surface area contributed by atoms with Crippen molar-refractivity contribution in [1.82, 2.24) is 0 Å². The van der Waals surface area contributed by atoms with Crippen LogP contribution in [0.4, 0.5) is 5.69 Å². The number of fused-ring (bicyclic) bond motifs is 1. The minimum atomic E-state index is 0.283. The van der Waals surface area contributed by atoms with E-state index in [0.717, 1.165) is 36.4 Å². The molecule has 1 aliphatic carbocycles. The normalized spacial score (nSPS) is 16.7. The minimum absolute atomic E-state index is 0.283. The molecule has 0 aliphatic heterocycles. The molecule has 0 fully saturated rings. The van der Waals surface area contributed by atoms with E-state index < -0.39 is 0 Å². The lowest BCUT2D eigenvalue weighted by molar-refractivity contribution is 0.387. The van der Waals surface area contributed by atoms with Crippen molar-refractivity contribution in [2.24, 2.45) is 0 Å². The van der Waals surface area contributed by atoms with Crippen molar-refractivity contribution in [3.63, 3.8) is 0 Å². The lowest BCUT2D eigenvalue weighted by atomic mass is 9.86. The maximum Gasteiger partial charge on any atom is 0.122 e. The van der Waals surface area contributed by atoms with E-state index in [2.05, 4.69) is 5.32 Å². The Balaban J connectivity index is 1.82. The molecule has 0 spiro atoms. The topological polar surface area (TPSA) is 50.7 Å². The number of phenols is 1. The molecule has 4 heteroatoms. The van der Waals surface area contributed by atoms with E-state index in [1.807, 2.05) is 24.3 Å². The maximum absolute atomic E-state index is 9.36. The number of hydrogen-bond acceptors (Lipinski definition) is 4. The number of aromatic hydroxyl groups is 1. The van der Waals surface area contributed by atoms with Crippen molar-refractivity contribution >= 4 is 5.69 Å². The second kappa shape index (κ2) is 6.18. The smallest absolute Gasteiger partial charge is 0.122 e. The summed E-state index contributed by atoms with van der Waals surface area (Å²) in [5.74, 6) is 2.15. The number of phenolic OH excluding ortho intramolecular Hbond substituents is 1. The highest BCUT2D eigenvalue weighted by atomic mass is 16.5. The van der Waals surface area contributed by atoms with Crippen molar-refractivity contribution < 1.29 is 14.6 Å². The summed E-state index contributed by atoms with van der Waals surface area (Å²) in [4.78, 5) is 0. The van der Waals surface area contributed by atoms with Gasteiger partial charge in [-0.1, -0.05) is 0 Å². The van der Waals surface area contributed by atoms with Gasteiger partial charge in [0.05, 0.1) is 14.2 Å². The Labute approximate surface area is 130 Å². The van der Waals surface area contributed by atoms with Gasteiger partial charge in [-0.3, -0.25) is 0 Å². The predicted molar refractivity (Wildman–Crippen MR) is 87.1 cm³/mol. The molecule has 1 unspecified atom stereocenters. The van der Waals surface area contributed by atoms with E-state index in [1.165, 1.54) is 11.1 Å². The quantitative estimate of drug-likeness (QED) is 0.850. The van der Waals surface area contributed by atoms with E-state index in [1.54, 1.807) is 26.4 Å². The number of benzene rings is 2. The molecule has 1 aliphatic rings. The Hall–Kier alpha value is -2.36. The average molecular weight is 299 g/mol. The van der Waals surface area contributed by atoms with E-state index in [-0.39, 0.29) is 5.75 Å². The van der Waals surface area contributed by atoms with Crippen LogP contribution in [0.1, 0.15) is 17.5 Å². The van der Waals surface area contributed by atoms with Gasteiger partial charge in [-0.15, -0.1) is 0 Å². The second-order valence-electron chi connectivity index (χ2n) is 5.56. The van der Waals surface area contributed by atoms with Gasteiger partial charge < -0.3 is 19.9 Å². The van der Waals surface area contributed by atoms with E-state index in [9.17, 15) is 5.11 Å². The fraction of sp³-hybridized carbons (Fsp3) is 0.333. The summed E-state index contributed by atoms with van der Waals surface area (Å²) in [5, 5.41) is 12.9. The van der Waals surface area contributed by atoms with Crippen LogP contribution in [0.5, 0.6) is 17.2 Å². The SMILES string of the molecule is COc1ccc(OC)c2c1CCC(Nc1ccc(O)cc1)C2. The molecule has 116 valence electrons. The van der Waals surface area contributed by atoms with Crippen molar-refractivity contribution in [3.05, 3.63) is 47.5 Å². The van der Waals surface area contributed by atoms with Crippen LogP contribution in [0.2, 0.25) is 0 Å². The van der Waals surface area contributed by atoms with Crippen LogP contribution in [-0.2, 0) is 12.8 Å². The molecule has 3 rings (SSSR count). The number of anilines is 1. The van der Waals surface area contributed by atoms with E-state index >= 15 is 0 Å². The van der Waals surface area contributed by atoms with E-state index in [0.29, 0.717) is 6.04 Å². The first-order valence-electron chi connectivity index (χ1n) is 7.49. The third-order valence-electron chi connectivity index (χ3n) is 4.22. The summed E-state index contributed by atoms with van der Waals surface area (Å²) in [5.41, 5.74) is 3.50. The Bertz CT molecular complexity index is 652. The average Bonchev–Trinajstić information content (AvgIpc) is 2.56. The summed E-state index contributed by atoms with van der Waals surface area (Å²) in [6, 6.07) is 11.5. The van der Waals surface area contributed by atoms with Crippen molar-refractivity contribution in [2.45, 2.75) is 25.3 Å². The van der Waals surface area contributed by atoms with Crippen LogP contribution >= 0.6 is 0 Å². The molecule has 2 aromatic rings. The summed E-state index contributed by atoms with van der Waals surface area (Å²) in [7, 11) is 3.42. The molecule has 0 bridgehead atoms. The molecule has 0 heterocycles. The highest BCUT2D eigenvalue weighted by Crippen LogP contribution is 2.36. The summed E-state index contributed by atoms with van der Waals surface area (Å²) >= 11 is 0. The molecule has 0 saturated carbocycles. The van der Waals surface area contributed by atoms with Gasteiger partial charge in [-0.25, -0.2) is 0 Å². The monoisotopic (exact) mass is 299 g/mol. The van der Waals surface area contributed by atoms with Gasteiger partial charge in [-0.05, 0) is 55.7 Å². The zero-order chi connectivity index (χ0) is 15.5. The number of rotatable bonds is 4. The highest BCUT2D eigenvalue weighted by molar-refractivity contribution is 5.53. The Morgan fingerprint density at radius 2 is 1.59 bits per heavy atom. The molecule has 0 aromatic heterocycles. The van der Waals surface area contributed by atoms with Gasteiger partial charge in [0.2, 0.25) is 0 Å². The van der Waals surface area contributed by atoms with Crippen LogP contribution in [0.3, 0.4) is 0 Å². The van der Waals surface area contributed by atoms with Crippen molar-refractivity contribution in [2.75, 3.05) is 19.5 Å². The van der Waals surface area contributed by atoms with E-state index in [4.69, 9.17) is 9.47 Å². The van der Waals surface area contributed by atoms with Gasteiger partial charge >= 0.3 is 0 Å². The van der Waals surface area contributed by atoms with Gasteiger partial charge in [-0.2, -0.15) is 0 Å². The molecule has 0 saturated heterocycles. The Morgan fingerprint density at radius 3 is 2.23 bits per heavy atom. The minimum Gasteiger partial charge on any atom is -0.508 e. The van der Waals surface area contributed by atoms with Crippen LogP contribution in [0.15, 0.2) is 36.4 Å². The fourth-order valence-electron chi connectivity index (χ4n) is 3.11. The molecular formula is C18H21NO3. The Morgan fingerprint density at radius 1 is 0.955 bits per heavy atom. The Kier molecular flexibility index (Phi) is 4.09. The standard InChI is InChI=1S/C18H21NO3/c1-21-17-9-10-18(22-2)16-11-13(5-8-15(16)17)19-12-3-6-14(20)7-4-12/h3-4,6-7,9-10,13,19-20H,5,8,11H2,1-2H3. The van der Waals surface area contributed by atoms with Crippen molar-refractivity contribution in [1.29, 1.82) is 0 Å². The molecule has 1 atom stereocenters. The van der Waals surface area contributed by atoms with Crippen LogP contribution in [0.25, 0.3) is 0 Å². The zero-order valence-corrected chi connectivity index (χ0v) is 12.9. The molecular weight excluding hydrogens is 278 g/mol. The van der Waals surface area contributed by atoms with Crippen LogP contribution in [-0.4, -0.2) is 25.4 Å². The molecule has 0 amide bonds. The van der Waals surface area contributed by atoms with Gasteiger partial charge in [0.25, 0.3) is 0 Å². The fourth-order valence-corrected chi connectivity index (χ4v) is 3.11. The van der Waals surface area contributed by atoms with Crippen LogP contribution in [0, 0.1) is 0 Å². The summed E-state index contributed by atoms with van der Waals surface area (Å²) < 4.78 is 11.0. The largest absolute Gasteiger partial charge is 0.508 e. The van der Waals surface area contributed by atoms with Gasteiger partial charge in [0.15, 0.2) is 0 Å². The molecule has 4 nitrogen and oxygen atoms in total. The van der Waals surface area contributed by atoms with Crippen LogP contribution < -0.4 is 14.8 Å². The van der Waals surface area contributed by atoms with Gasteiger partial charge in [0, 0.05) is 22.9 Å². The summed E-state index contributed by atoms with van der Waals surface area (Å²) in [6.07, 6.45) is 2.90. The lowest BCUT2D eigenvalue weighted by Crippen LogP contribution is -2.28. The third kappa shape index (κ3) is 2.82. The lowest BCUT2D eigenvalue weighted by Gasteiger charge is -2.28. The first kappa shape index (κ1) is 14.6. The predicted octanol–water partition coefficient (Wildman–Crippen LogP) is 3.38. The summed E-state index contributed by atoms with van der Waals surface area (Å²) in [6.45, 7) is 0. The number of nitrogens with one attached hydrogen (secondary N) is 1. The second-order valence-corrected chi connectivity index (χ2v) is 5.56.